The lowest BCUT2D eigenvalue weighted by molar-refractivity contribution is 0.0683. The number of rotatable bonds is 6. The fraction of sp³-hybridized carbons (Fsp3) is 0.261. The van der Waals surface area contributed by atoms with Crippen LogP contribution < -0.4 is 0 Å². The van der Waals surface area contributed by atoms with Gasteiger partial charge in [0.15, 0.2) is 0 Å². The molecular weight excluding hydrogens is 322 g/mol. The average Bonchev–Trinajstić information content (AvgIpc) is 3.10. The summed E-state index contributed by atoms with van der Waals surface area (Å²) in [5, 5.41) is 9.53. The van der Waals surface area contributed by atoms with Gasteiger partial charge in [0.2, 0.25) is 0 Å². The van der Waals surface area contributed by atoms with Crippen molar-refractivity contribution >= 4 is 5.97 Å². The first-order chi connectivity index (χ1) is 12.5. The fourth-order valence-corrected chi connectivity index (χ4v) is 3.54. The minimum atomic E-state index is -0.887. The molecule has 26 heavy (non-hydrogen) atoms. The maximum atomic E-state index is 11.6. The van der Waals surface area contributed by atoms with Crippen LogP contribution in [0.2, 0.25) is 0 Å². The van der Waals surface area contributed by atoms with Crippen LogP contribution >= 0.6 is 0 Å². The van der Waals surface area contributed by atoms with E-state index in [0.717, 1.165) is 6.42 Å². The summed E-state index contributed by atoms with van der Waals surface area (Å²) in [4.78, 5) is 11.6. The molecule has 1 N–H and O–H groups in total. The zero-order chi connectivity index (χ0) is 18.7. The maximum absolute atomic E-state index is 11.6. The first kappa shape index (κ1) is 18.0. The van der Waals surface area contributed by atoms with Gasteiger partial charge in [0.1, 0.15) is 5.69 Å². The molecule has 0 aliphatic heterocycles. The molecule has 134 valence electrons. The van der Waals surface area contributed by atoms with Crippen molar-refractivity contribution in [2.45, 2.75) is 33.2 Å². The SMILES string of the molecule is Cc1cc(-c2ccccc2)ccc1C(CC(C)C)n1cccc1C(=O)O. The number of hydrogen-bond donors (Lipinski definition) is 1. The Morgan fingerprint density at radius 3 is 2.35 bits per heavy atom. The predicted molar refractivity (Wildman–Crippen MR) is 106 cm³/mol. The van der Waals surface area contributed by atoms with Gasteiger partial charge in [0.05, 0.1) is 6.04 Å². The van der Waals surface area contributed by atoms with Crippen molar-refractivity contribution in [2.24, 2.45) is 5.92 Å². The molecule has 0 radical (unpaired) electrons. The first-order valence-electron chi connectivity index (χ1n) is 9.03. The molecule has 0 bridgehead atoms. The van der Waals surface area contributed by atoms with Crippen molar-refractivity contribution in [3.8, 4) is 11.1 Å². The summed E-state index contributed by atoms with van der Waals surface area (Å²) >= 11 is 0. The summed E-state index contributed by atoms with van der Waals surface area (Å²) in [6.45, 7) is 6.45. The molecule has 1 unspecified atom stereocenters. The summed E-state index contributed by atoms with van der Waals surface area (Å²) in [6.07, 6.45) is 2.77. The Morgan fingerprint density at radius 1 is 1.00 bits per heavy atom. The Labute approximate surface area is 154 Å². The van der Waals surface area contributed by atoms with Crippen molar-refractivity contribution in [3.05, 3.63) is 83.7 Å². The number of carbonyl (C=O) groups is 1. The third kappa shape index (κ3) is 3.72. The highest BCUT2D eigenvalue weighted by Gasteiger charge is 2.22. The topological polar surface area (TPSA) is 42.2 Å². The van der Waals surface area contributed by atoms with Crippen molar-refractivity contribution in [2.75, 3.05) is 0 Å². The number of carboxylic acids is 1. The second kappa shape index (κ2) is 7.61. The van der Waals surface area contributed by atoms with E-state index in [1.165, 1.54) is 22.3 Å². The van der Waals surface area contributed by atoms with Crippen LogP contribution in [0.1, 0.15) is 47.9 Å². The zero-order valence-electron chi connectivity index (χ0n) is 15.5. The summed E-state index contributed by atoms with van der Waals surface area (Å²) in [7, 11) is 0. The number of nitrogens with zero attached hydrogens (tertiary/aromatic N) is 1. The van der Waals surface area contributed by atoms with E-state index in [1.807, 2.05) is 35.0 Å². The van der Waals surface area contributed by atoms with E-state index >= 15 is 0 Å². The molecule has 0 fully saturated rings. The van der Waals surface area contributed by atoms with Gasteiger partial charge in [-0.3, -0.25) is 0 Å². The van der Waals surface area contributed by atoms with Crippen LogP contribution in [0.15, 0.2) is 66.9 Å². The van der Waals surface area contributed by atoms with E-state index in [4.69, 9.17) is 0 Å². The smallest absolute Gasteiger partial charge is 0.352 e. The van der Waals surface area contributed by atoms with Crippen molar-refractivity contribution in [1.29, 1.82) is 0 Å². The van der Waals surface area contributed by atoms with E-state index in [9.17, 15) is 9.90 Å². The Bertz CT molecular complexity index is 894. The predicted octanol–water partition coefficient (Wildman–Crippen LogP) is 5.80. The molecule has 3 heteroatoms. The van der Waals surface area contributed by atoms with Gasteiger partial charge in [-0.2, -0.15) is 0 Å². The van der Waals surface area contributed by atoms with Gasteiger partial charge < -0.3 is 9.67 Å². The van der Waals surface area contributed by atoms with Crippen LogP contribution in [-0.2, 0) is 0 Å². The van der Waals surface area contributed by atoms with Gasteiger partial charge in [-0.15, -0.1) is 0 Å². The molecule has 3 aromatic rings. The summed E-state index contributed by atoms with van der Waals surface area (Å²) < 4.78 is 1.90. The molecule has 0 saturated carbocycles. The Balaban J connectivity index is 2.04. The zero-order valence-corrected chi connectivity index (χ0v) is 15.5. The van der Waals surface area contributed by atoms with Crippen LogP contribution in [0.5, 0.6) is 0 Å². The second-order valence-electron chi connectivity index (χ2n) is 7.19. The molecule has 1 heterocycles. The summed E-state index contributed by atoms with van der Waals surface area (Å²) in [5.41, 5.74) is 5.07. The molecule has 0 saturated heterocycles. The lowest BCUT2D eigenvalue weighted by Gasteiger charge is -2.25. The van der Waals surface area contributed by atoms with Crippen molar-refractivity contribution < 1.29 is 9.90 Å². The Morgan fingerprint density at radius 2 is 1.73 bits per heavy atom. The monoisotopic (exact) mass is 347 g/mol. The van der Waals surface area contributed by atoms with E-state index in [0.29, 0.717) is 11.6 Å². The quantitative estimate of drug-likeness (QED) is 0.612. The van der Waals surface area contributed by atoms with Gasteiger partial charge >= 0.3 is 5.97 Å². The molecule has 3 nitrogen and oxygen atoms in total. The largest absolute Gasteiger partial charge is 0.477 e. The third-order valence-electron chi connectivity index (χ3n) is 4.76. The normalized spacial score (nSPS) is 12.3. The Kier molecular flexibility index (Phi) is 5.27. The van der Waals surface area contributed by atoms with Crippen molar-refractivity contribution in [3.63, 3.8) is 0 Å². The lowest BCUT2D eigenvalue weighted by Crippen LogP contribution is -2.18. The van der Waals surface area contributed by atoms with Gasteiger partial charge in [-0.25, -0.2) is 4.79 Å². The fourth-order valence-electron chi connectivity index (χ4n) is 3.54. The highest BCUT2D eigenvalue weighted by Crippen LogP contribution is 2.32. The summed E-state index contributed by atoms with van der Waals surface area (Å²) in [6, 6.07) is 20.3. The second-order valence-corrected chi connectivity index (χ2v) is 7.19. The molecule has 0 aliphatic rings. The molecule has 0 aliphatic carbocycles. The lowest BCUT2D eigenvalue weighted by atomic mass is 9.91. The van der Waals surface area contributed by atoms with Gasteiger partial charge in [0, 0.05) is 6.20 Å². The number of aromatic carboxylic acids is 1. The maximum Gasteiger partial charge on any atom is 0.352 e. The number of hydrogen-bond acceptors (Lipinski definition) is 1. The summed E-state index contributed by atoms with van der Waals surface area (Å²) in [5.74, 6) is -0.431. The molecular formula is C23H25NO2. The van der Waals surface area contributed by atoms with Gasteiger partial charge in [0.25, 0.3) is 0 Å². The molecule has 0 spiro atoms. The van der Waals surface area contributed by atoms with E-state index in [1.54, 1.807) is 6.07 Å². The van der Waals surface area contributed by atoms with Crippen molar-refractivity contribution in [1.82, 2.24) is 4.57 Å². The highest BCUT2D eigenvalue weighted by molar-refractivity contribution is 5.86. The van der Waals surface area contributed by atoms with E-state index in [2.05, 4.69) is 51.1 Å². The van der Waals surface area contributed by atoms with E-state index < -0.39 is 5.97 Å². The first-order valence-corrected chi connectivity index (χ1v) is 9.03. The highest BCUT2D eigenvalue weighted by atomic mass is 16.4. The average molecular weight is 347 g/mol. The Hall–Kier alpha value is -2.81. The van der Waals surface area contributed by atoms with Crippen LogP contribution in [0.3, 0.4) is 0 Å². The number of carboxylic acid groups (broad SMARTS) is 1. The van der Waals surface area contributed by atoms with Gasteiger partial charge in [-0.05, 0) is 53.6 Å². The van der Waals surface area contributed by atoms with Gasteiger partial charge in [-0.1, -0.05) is 62.4 Å². The minimum Gasteiger partial charge on any atom is -0.477 e. The molecule has 1 atom stereocenters. The number of aromatic nitrogens is 1. The standard InChI is InChI=1S/C23H25NO2/c1-16(2)14-22(24-13-7-10-21(24)23(25)26)20-12-11-19(15-17(20)3)18-8-5-4-6-9-18/h4-13,15-16,22H,14H2,1-3H3,(H,25,26). The number of benzene rings is 2. The van der Waals surface area contributed by atoms with E-state index in [-0.39, 0.29) is 6.04 Å². The third-order valence-corrected chi connectivity index (χ3v) is 4.76. The van der Waals surface area contributed by atoms with Crippen LogP contribution in [0, 0.1) is 12.8 Å². The van der Waals surface area contributed by atoms with Crippen LogP contribution in [0.4, 0.5) is 0 Å². The molecule has 1 aromatic heterocycles. The van der Waals surface area contributed by atoms with Crippen LogP contribution in [0.25, 0.3) is 11.1 Å². The number of aryl methyl sites for hydroxylation is 1. The molecule has 2 aromatic carbocycles. The minimum absolute atomic E-state index is 0.0147. The molecule has 3 rings (SSSR count). The molecule has 0 amide bonds. The van der Waals surface area contributed by atoms with Crippen LogP contribution in [-0.4, -0.2) is 15.6 Å².